The summed E-state index contributed by atoms with van der Waals surface area (Å²) >= 11 is 6.19. The van der Waals surface area contributed by atoms with Crippen molar-refractivity contribution in [2.24, 2.45) is 0 Å². The van der Waals surface area contributed by atoms with Gasteiger partial charge in [-0.1, -0.05) is 29.8 Å². The van der Waals surface area contributed by atoms with Gasteiger partial charge in [0.1, 0.15) is 11.6 Å². The lowest BCUT2D eigenvalue weighted by Gasteiger charge is -2.16. The molecule has 0 spiro atoms. The van der Waals surface area contributed by atoms with Crippen molar-refractivity contribution in [1.82, 2.24) is 19.6 Å². The van der Waals surface area contributed by atoms with Crippen LogP contribution in [0, 0.1) is 6.92 Å². The van der Waals surface area contributed by atoms with Crippen molar-refractivity contribution in [3.8, 4) is 0 Å². The molecule has 2 heterocycles. The van der Waals surface area contributed by atoms with Gasteiger partial charge in [0.2, 0.25) is 0 Å². The van der Waals surface area contributed by atoms with E-state index in [0.29, 0.717) is 22.3 Å². The van der Waals surface area contributed by atoms with Crippen LogP contribution >= 0.6 is 11.6 Å². The molecule has 3 rings (SSSR count). The normalized spacial score (nSPS) is 12.5. The summed E-state index contributed by atoms with van der Waals surface area (Å²) in [6.45, 7) is 3.76. The third kappa shape index (κ3) is 2.50. The molecule has 0 saturated heterocycles. The fraction of sp³-hybridized carbons (Fsp3) is 0.214. The third-order valence-electron chi connectivity index (χ3n) is 3.31. The average Bonchev–Trinajstić information content (AvgIpc) is 2.81. The maximum Gasteiger partial charge on any atom is 0.349 e. The van der Waals surface area contributed by atoms with Crippen molar-refractivity contribution >= 4 is 23.1 Å². The molecule has 0 fully saturated rings. The zero-order chi connectivity index (χ0) is 15.0. The summed E-state index contributed by atoms with van der Waals surface area (Å²) in [6, 6.07) is 9.35. The number of benzene rings is 1. The molecular weight excluding hydrogens is 290 g/mol. The molecule has 1 unspecified atom stereocenters. The molecule has 0 aliphatic rings. The Morgan fingerprint density at radius 3 is 2.90 bits per heavy atom. The van der Waals surface area contributed by atoms with Crippen molar-refractivity contribution in [2.45, 2.75) is 19.9 Å². The summed E-state index contributed by atoms with van der Waals surface area (Å²) in [5.74, 6) is 1.21. The Labute approximate surface area is 125 Å². The van der Waals surface area contributed by atoms with Crippen molar-refractivity contribution in [3.63, 3.8) is 0 Å². The first-order valence-electron chi connectivity index (χ1n) is 6.52. The largest absolute Gasteiger partial charge is 0.363 e. The van der Waals surface area contributed by atoms with Crippen molar-refractivity contribution in [1.29, 1.82) is 0 Å². The van der Waals surface area contributed by atoms with Crippen molar-refractivity contribution < 1.29 is 0 Å². The van der Waals surface area contributed by atoms with Crippen LogP contribution in [0.3, 0.4) is 0 Å². The van der Waals surface area contributed by atoms with Gasteiger partial charge in [-0.3, -0.25) is 0 Å². The number of hydrogen-bond donors (Lipinski definition) is 2. The van der Waals surface area contributed by atoms with E-state index < -0.39 is 0 Å². The van der Waals surface area contributed by atoms with E-state index in [4.69, 9.17) is 11.6 Å². The zero-order valence-corrected chi connectivity index (χ0v) is 12.3. The van der Waals surface area contributed by atoms with Crippen molar-refractivity contribution in [2.75, 3.05) is 5.32 Å². The summed E-state index contributed by atoms with van der Waals surface area (Å²) in [5.41, 5.74) is 1.22. The molecule has 108 valence electrons. The summed E-state index contributed by atoms with van der Waals surface area (Å²) in [5, 5.41) is 10.3. The lowest BCUT2D eigenvalue weighted by Crippen LogP contribution is -2.15. The van der Waals surface area contributed by atoms with Gasteiger partial charge < -0.3 is 5.32 Å². The van der Waals surface area contributed by atoms with Gasteiger partial charge in [-0.05, 0) is 25.5 Å². The predicted octanol–water partition coefficient (Wildman–Crippen LogP) is 2.55. The standard InChI is InChI=1S/C14H14ClN5O/c1-8(10-5-3-4-6-11(10)15)16-12-7-13-18-19-14(21)20(13)9(2)17-12/h3-8,16H,1-2H3,(H,19,21). The highest BCUT2D eigenvalue weighted by atomic mass is 35.5. The molecule has 0 aliphatic carbocycles. The number of anilines is 1. The van der Waals surface area contributed by atoms with E-state index in [-0.39, 0.29) is 11.7 Å². The molecular formula is C14H14ClN5O. The molecule has 6 nitrogen and oxygen atoms in total. The van der Waals surface area contributed by atoms with Crippen LogP contribution in [0.15, 0.2) is 35.1 Å². The number of aromatic nitrogens is 4. The monoisotopic (exact) mass is 303 g/mol. The fourth-order valence-electron chi connectivity index (χ4n) is 2.30. The minimum Gasteiger partial charge on any atom is -0.363 e. The highest BCUT2D eigenvalue weighted by Crippen LogP contribution is 2.25. The van der Waals surface area contributed by atoms with Crippen LogP contribution in [-0.4, -0.2) is 19.6 Å². The number of nitrogens with zero attached hydrogens (tertiary/aromatic N) is 3. The second-order valence-corrected chi connectivity index (χ2v) is 5.21. The minimum atomic E-state index is -0.291. The Kier molecular flexibility index (Phi) is 3.39. The number of aryl methyl sites for hydroxylation is 1. The molecule has 1 atom stereocenters. The van der Waals surface area contributed by atoms with Crippen LogP contribution in [0.1, 0.15) is 24.4 Å². The molecule has 2 N–H and O–H groups in total. The molecule has 2 aromatic heterocycles. The predicted molar refractivity (Wildman–Crippen MR) is 81.8 cm³/mol. The lowest BCUT2D eigenvalue weighted by atomic mass is 10.1. The Morgan fingerprint density at radius 1 is 1.38 bits per heavy atom. The van der Waals surface area contributed by atoms with Crippen LogP contribution in [0.2, 0.25) is 5.02 Å². The number of halogens is 1. The molecule has 0 saturated carbocycles. The second-order valence-electron chi connectivity index (χ2n) is 4.80. The van der Waals surface area contributed by atoms with Crippen molar-refractivity contribution in [3.05, 3.63) is 57.2 Å². The summed E-state index contributed by atoms with van der Waals surface area (Å²) in [4.78, 5) is 15.9. The van der Waals surface area contributed by atoms with Crippen LogP contribution < -0.4 is 11.0 Å². The highest BCUT2D eigenvalue weighted by Gasteiger charge is 2.12. The van der Waals surface area contributed by atoms with Gasteiger partial charge in [-0.15, -0.1) is 0 Å². The number of hydrogen-bond acceptors (Lipinski definition) is 4. The lowest BCUT2D eigenvalue weighted by molar-refractivity contribution is 0.860. The molecule has 0 radical (unpaired) electrons. The molecule has 1 aromatic carbocycles. The number of H-pyrrole nitrogens is 1. The molecule has 21 heavy (non-hydrogen) atoms. The zero-order valence-electron chi connectivity index (χ0n) is 11.6. The Morgan fingerprint density at radius 2 is 2.14 bits per heavy atom. The van der Waals surface area contributed by atoms with Crippen LogP contribution in [0.5, 0.6) is 0 Å². The first-order valence-corrected chi connectivity index (χ1v) is 6.90. The minimum absolute atomic E-state index is 0.0151. The molecule has 0 bridgehead atoms. The number of fused-ring (bicyclic) bond motifs is 1. The van der Waals surface area contributed by atoms with Gasteiger partial charge in [-0.25, -0.2) is 19.3 Å². The average molecular weight is 304 g/mol. The summed E-state index contributed by atoms with van der Waals surface area (Å²) in [7, 11) is 0. The van der Waals surface area contributed by atoms with E-state index in [9.17, 15) is 4.79 Å². The first kappa shape index (κ1) is 13.6. The van der Waals surface area contributed by atoms with E-state index in [0.717, 1.165) is 5.56 Å². The van der Waals surface area contributed by atoms with Gasteiger partial charge >= 0.3 is 5.69 Å². The van der Waals surface area contributed by atoms with Crippen LogP contribution in [-0.2, 0) is 0 Å². The summed E-state index contributed by atoms with van der Waals surface area (Å²) < 4.78 is 1.42. The molecule has 0 aliphatic heterocycles. The van der Waals surface area contributed by atoms with Crippen LogP contribution in [0.4, 0.5) is 5.82 Å². The van der Waals surface area contributed by atoms with E-state index >= 15 is 0 Å². The number of rotatable bonds is 3. The summed E-state index contributed by atoms with van der Waals surface area (Å²) in [6.07, 6.45) is 0. The smallest absolute Gasteiger partial charge is 0.349 e. The Bertz CT molecular complexity index is 854. The van der Waals surface area contributed by atoms with Gasteiger partial charge in [0.15, 0.2) is 5.65 Å². The Balaban J connectivity index is 1.95. The van der Waals surface area contributed by atoms with Gasteiger partial charge in [-0.2, -0.15) is 5.10 Å². The van der Waals surface area contributed by atoms with E-state index in [1.54, 1.807) is 13.0 Å². The van der Waals surface area contributed by atoms with Gasteiger partial charge in [0.25, 0.3) is 0 Å². The third-order valence-corrected chi connectivity index (χ3v) is 3.65. The number of nitrogens with one attached hydrogen (secondary N) is 2. The van der Waals surface area contributed by atoms with E-state index in [1.807, 2.05) is 31.2 Å². The second kappa shape index (κ2) is 5.21. The Hall–Kier alpha value is -2.34. The maximum atomic E-state index is 11.6. The van der Waals surface area contributed by atoms with E-state index in [2.05, 4.69) is 20.5 Å². The van der Waals surface area contributed by atoms with E-state index in [1.165, 1.54) is 4.40 Å². The number of aromatic amines is 1. The first-order chi connectivity index (χ1) is 10.1. The van der Waals surface area contributed by atoms with Gasteiger partial charge in [0, 0.05) is 11.1 Å². The highest BCUT2D eigenvalue weighted by molar-refractivity contribution is 6.31. The van der Waals surface area contributed by atoms with Gasteiger partial charge in [0.05, 0.1) is 6.04 Å². The topological polar surface area (TPSA) is 75.1 Å². The molecule has 0 amide bonds. The fourth-order valence-corrected chi connectivity index (χ4v) is 2.60. The maximum absolute atomic E-state index is 11.6. The molecule has 7 heteroatoms. The van der Waals surface area contributed by atoms with Crippen LogP contribution in [0.25, 0.3) is 5.65 Å². The SMILES string of the molecule is Cc1nc(NC(C)c2ccccc2Cl)cc2n[nH]c(=O)n12. The quantitative estimate of drug-likeness (QED) is 0.780. The molecule has 3 aromatic rings.